The number of carbonyl (C=O) groups excluding carboxylic acids is 1. The number of thiophene rings is 1. The molecule has 2 aromatic heterocycles. The van der Waals surface area contributed by atoms with Crippen LogP contribution in [0, 0.1) is 11.8 Å². The lowest BCUT2D eigenvalue weighted by molar-refractivity contribution is 0.0663. The number of carbonyl (C=O) groups is 1. The van der Waals surface area contributed by atoms with Gasteiger partial charge < -0.3 is 9.88 Å². The van der Waals surface area contributed by atoms with Gasteiger partial charge in [-0.1, -0.05) is 6.07 Å². The second-order valence-corrected chi connectivity index (χ2v) is 9.03. The molecule has 4 heteroatoms. The van der Waals surface area contributed by atoms with Gasteiger partial charge in [-0.2, -0.15) is 0 Å². The summed E-state index contributed by atoms with van der Waals surface area (Å²) < 4.78 is 0. The van der Waals surface area contributed by atoms with Crippen LogP contribution in [-0.4, -0.2) is 35.3 Å². The molecule has 0 bridgehead atoms. The normalized spacial score (nSPS) is 26.2. The zero-order valence-electron chi connectivity index (χ0n) is 14.7. The first-order valence-electron chi connectivity index (χ1n) is 9.81. The van der Waals surface area contributed by atoms with Gasteiger partial charge in [-0.25, -0.2) is 0 Å². The van der Waals surface area contributed by atoms with Crippen LogP contribution < -0.4 is 0 Å². The Balaban J connectivity index is 1.34. The van der Waals surface area contributed by atoms with Crippen molar-refractivity contribution in [3.63, 3.8) is 0 Å². The fourth-order valence-electron chi connectivity index (χ4n) is 5.18. The van der Waals surface area contributed by atoms with E-state index in [2.05, 4.69) is 27.4 Å². The molecule has 1 fully saturated rings. The third-order valence-corrected chi connectivity index (χ3v) is 7.45. The molecule has 132 valence electrons. The molecular weight excluding hydrogens is 328 g/mol. The number of aromatic nitrogens is 1. The molecule has 0 aromatic carbocycles. The van der Waals surface area contributed by atoms with Crippen LogP contribution in [0.3, 0.4) is 0 Å². The molecule has 2 atom stereocenters. The molecule has 2 aromatic rings. The maximum Gasteiger partial charge on any atom is 0.169 e. The SMILES string of the molecule is O=C1c2c([nH]c3c2CCCC3)C[C@@H]2CCN(CCc3cccs3)C[C@@H]12. The molecule has 25 heavy (non-hydrogen) atoms. The molecular formula is C21H26N2OS. The molecule has 0 saturated carbocycles. The fraction of sp³-hybridized carbons (Fsp3) is 0.571. The minimum absolute atomic E-state index is 0.228. The number of nitrogens with one attached hydrogen (secondary N) is 1. The van der Waals surface area contributed by atoms with E-state index in [1.54, 1.807) is 0 Å². The van der Waals surface area contributed by atoms with E-state index in [0.717, 1.165) is 50.9 Å². The molecule has 5 rings (SSSR count). The standard InChI is InChI=1S/C21H26N2OS/c24-21-17-13-23(10-8-15-4-3-11-25-15)9-7-14(17)12-19-20(21)16-5-1-2-6-18(16)22-19/h3-4,11,14,17,22H,1-2,5-10,12-13H2/t14-,17+/m0/s1. The molecule has 0 radical (unpaired) electrons. The third-order valence-electron chi connectivity index (χ3n) is 6.52. The molecule has 0 spiro atoms. The van der Waals surface area contributed by atoms with Crippen molar-refractivity contribution in [3.05, 3.63) is 44.9 Å². The molecule has 3 heterocycles. The predicted molar refractivity (Wildman–Crippen MR) is 102 cm³/mol. The molecule has 1 saturated heterocycles. The fourth-order valence-corrected chi connectivity index (χ4v) is 5.88. The zero-order valence-corrected chi connectivity index (χ0v) is 15.5. The first kappa shape index (κ1) is 15.8. The quantitative estimate of drug-likeness (QED) is 0.908. The van der Waals surface area contributed by atoms with Gasteiger partial charge in [0.2, 0.25) is 0 Å². The number of ketones is 1. The van der Waals surface area contributed by atoms with Crippen LogP contribution in [0.1, 0.15) is 51.4 Å². The smallest absolute Gasteiger partial charge is 0.169 e. The van der Waals surface area contributed by atoms with E-state index < -0.39 is 0 Å². The van der Waals surface area contributed by atoms with Crippen LogP contribution in [0.2, 0.25) is 0 Å². The second kappa shape index (κ2) is 6.40. The summed E-state index contributed by atoms with van der Waals surface area (Å²) in [5.74, 6) is 1.23. The summed E-state index contributed by atoms with van der Waals surface area (Å²) in [7, 11) is 0. The van der Waals surface area contributed by atoms with Gasteiger partial charge in [-0.15, -0.1) is 11.3 Å². The predicted octanol–water partition coefficient (Wildman–Crippen LogP) is 3.87. The highest BCUT2D eigenvalue weighted by atomic mass is 32.1. The summed E-state index contributed by atoms with van der Waals surface area (Å²) in [4.78, 5) is 20.9. The van der Waals surface area contributed by atoms with E-state index >= 15 is 0 Å². The van der Waals surface area contributed by atoms with Crippen molar-refractivity contribution < 1.29 is 4.79 Å². The average Bonchev–Trinajstić information content (AvgIpc) is 3.27. The number of fused-ring (bicyclic) bond motifs is 4. The topological polar surface area (TPSA) is 36.1 Å². The molecule has 3 aliphatic rings. The van der Waals surface area contributed by atoms with E-state index in [4.69, 9.17) is 0 Å². The van der Waals surface area contributed by atoms with Gasteiger partial charge in [0.25, 0.3) is 0 Å². The van der Waals surface area contributed by atoms with Gasteiger partial charge in [0.05, 0.1) is 0 Å². The zero-order chi connectivity index (χ0) is 16.8. The van der Waals surface area contributed by atoms with Crippen molar-refractivity contribution in [2.75, 3.05) is 19.6 Å². The maximum absolute atomic E-state index is 13.3. The van der Waals surface area contributed by atoms with Crippen molar-refractivity contribution >= 4 is 17.1 Å². The van der Waals surface area contributed by atoms with Gasteiger partial charge in [0.1, 0.15) is 0 Å². The van der Waals surface area contributed by atoms with Crippen molar-refractivity contribution in [1.82, 2.24) is 9.88 Å². The summed E-state index contributed by atoms with van der Waals surface area (Å²) in [5.41, 5.74) is 5.12. The molecule has 1 aliphatic heterocycles. The van der Waals surface area contributed by atoms with Crippen molar-refractivity contribution in [2.45, 2.75) is 44.9 Å². The van der Waals surface area contributed by atoms with Crippen LogP contribution in [0.25, 0.3) is 0 Å². The van der Waals surface area contributed by atoms with Gasteiger partial charge in [-0.3, -0.25) is 4.79 Å². The van der Waals surface area contributed by atoms with E-state index in [1.807, 2.05) is 11.3 Å². The largest absolute Gasteiger partial charge is 0.361 e. The highest BCUT2D eigenvalue weighted by molar-refractivity contribution is 7.09. The number of aromatic amines is 1. The molecule has 1 N–H and O–H groups in total. The minimum Gasteiger partial charge on any atom is -0.361 e. The number of hydrogen-bond acceptors (Lipinski definition) is 3. The Kier molecular flexibility index (Phi) is 4.05. The van der Waals surface area contributed by atoms with Crippen LogP contribution in [0.5, 0.6) is 0 Å². The Labute approximate surface area is 153 Å². The first-order valence-corrected chi connectivity index (χ1v) is 10.7. The van der Waals surface area contributed by atoms with E-state index in [-0.39, 0.29) is 5.92 Å². The summed E-state index contributed by atoms with van der Waals surface area (Å²) in [5, 5.41) is 2.16. The number of piperidine rings is 1. The molecule has 3 nitrogen and oxygen atoms in total. The van der Waals surface area contributed by atoms with Crippen LogP contribution >= 0.6 is 11.3 Å². The Hall–Kier alpha value is -1.39. The van der Waals surface area contributed by atoms with Crippen LogP contribution in [0.15, 0.2) is 17.5 Å². The number of Topliss-reactive ketones (excluding diaryl/α,β-unsaturated/α-hetero) is 1. The Morgan fingerprint density at radius 2 is 2.16 bits per heavy atom. The average molecular weight is 355 g/mol. The number of nitrogens with zero attached hydrogens (tertiary/aromatic N) is 1. The summed E-state index contributed by atoms with van der Waals surface area (Å²) in [6, 6.07) is 4.36. The Morgan fingerprint density at radius 1 is 1.24 bits per heavy atom. The highest BCUT2D eigenvalue weighted by Crippen LogP contribution is 2.39. The number of aryl methyl sites for hydroxylation is 1. The van der Waals surface area contributed by atoms with Crippen molar-refractivity contribution in [2.24, 2.45) is 11.8 Å². The Bertz CT molecular complexity index is 776. The third kappa shape index (κ3) is 2.80. The van der Waals surface area contributed by atoms with E-state index in [0.29, 0.717) is 11.7 Å². The van der Waals surface area contributed by atoms with Crippen molar-refractivity contribution in [1.29, 1.82) is 0 Å². The minimum atomic E-state index is 0.228. The second-order valence-electron chi connectivity index (χ2n) is 8.00. The van der Waals surface area contributed by atoms with E-state index in [9.17, 15) is 4.79 Å². The summed E-state index contributed by atoms with van der Waals surface area (Å²) in [6.07, 6.45) is 8.13. The number of H-pyrrole nitrogens is 1. The van der Waals surface area contributed by atoms with Crippen molar-refractivity contribution in [3.8, 4) is 0 Å². The number of likely N-dealkylation sites (tertiary alicyclic amines) is 1. The molecule has 0 unspecified atom stereocenters. The van der Waals surface area contributed by atoms with Gasteiger partial charge in [-0.05, 0) is 74.4 Å². The Morgan fingerprint density at radius 3 is 3.04 bits per heavy atom. The molecule has 0 amide bonds. The van der Waals surface area contributed by atoms with Gasteiger partial charge in [0.15, 0.2) is 5.78 Å². The van der Waals surface area contributed by atoms with Gasteiger partial charge >= 0.3 is 0 Å². The van der Waals surface area contributed by atoms with Crippen LogP contribution in [-0.2, 0) is 25.7 Å². The first-order chi connectivity index (χ1) is 12.3. The highest BCUT2D eigenvalue weighted by Gasteiger charge is 2.41. The summed E-state index contributed by atoms with van der Waals surface area (Å²) >= 11 is 1.84. The lowest BCUT2D eigenvalue weighted by Gasteiger charge is -2.40. The lowest BCUT2D eigenvalue weighted by atomic mass is 9.72. The maximum atomic E-state index is 13.3. The monoisotopic (exact) mass is 354 g/mol. The van der Waals surface area contributed by atoms with Gasteiger partial charge in [0, 0.05) is 40.8 Å². The summed E-state index contributed by atoms with van der Waals surface area (Å²) in [6.45, 7) is 3.21. The van der Waals surface area contributed by atoms with E-state index in [1.165, 1.54) is 41.1 Å². The molecule has 2 aliphatic carbocycles. The lowest BCUT2D eigenvalue weighted by Crippen LogP contribution is -2.47. The number of hydrogen-bond donors (Lipinski definition) is 1. The van der Waals surface area contributed by atoms with Crippen LogP contribution in [0.4, 0.5) is 0 Å². The number of rotatable bonds is 3.